The molecule has 6 N–H and O–H groups in total. The Morgan fingerprint density at radius 3 is 2.65 bits per heavy atom. The van der Waals surface area contributed by atoms with Gasteiger partial charge < -0.3 is 40.2 Å². The number of phenolic OH excluding ortho intramolecular Hbond substituents is 1. The van der Waals surface area contributed by atoms with Crippen molar-refractivity contribution >= 4 is 56.5 Å². The number of carbonyl (C=O) groups is 2. The number of aromatic amines is 1. The summed E-state index contributed by atoms with van der Waals surface area (Å²) in [5, 5.41) is 31.4. The van der Waals surface area contributed by atoms with Crippen molar-refractivity contribution in [1.29, 1.82) is 0 Å². The summed E-state index contributed by atoms with van der Waals surface area (Å²) < 4.78 is 11.3. The summed E-state index contributed by atoms with van der Waals surface area (Å²) in [6.07, 6.45) is -0.0984. The number of nitrogens with one attached hydrogen (secondary N) is 4. The first-order valence-electron chi connectivity index (χ1n) is 16.8. The van der Waals surface area contributed by atoms with Crippen LogP contribution in [0.2, 0.25) is 5.02 Å². The van der Waals surface area contributed by atoms with Crippen LogP contribution in [0.25, 0.3) is 22.2 Å². The first-order chi connectivity index (χ1) is 25.2. The van der Waals surface area contributed by atoms with E-state index in [2.05, 4.69) is 30.8 Å². The molecule has 1 saturated heterocycles. The third-order valence-corrected chi connectivity index (χ3v) is 9.91. The van der Waals surface area contributed by atoms with Crippen LogP contribution in [0.4, 0.5) is 15.5 Å². The number of hydrogen-bond donors (Lipinski definition) is 6. The van der Waals surface area contributed by atoms with Gasteiger partial charge in [-0.25, -0.2) is 9.78 Å². The third kappa shape index (κ3) is 9.08. The van der Waals surface area contributed by atoms with Crippen LogP contribution in [0.5, 0.6) is 11.5 Å². The van der Waals surface area contributed by atoms with Gasteiger partial charge in [0.2, 0.25) is 11.5 Å². The lowest BCUT2D eigenvalue weighted by Crippen LogP contribution is -2.39. The zero-order valence-electron chi connectivity index (χ0n) is 28.4. The number of piperidine rings is 1. The van der Waals surface area contributed by atoms with Crippen molar-refractivity contribution in [3.63, 3.8) is 0 Å². The Hall–Kier alpha value is -4.99. The number of rotatable bonds is 13. The minimum atomic E-state index is -0.935. The number of thiazole rings is 1. The van der Waals surface area contributed by atoms with Crippen LogP contribution in [-0.4, -0.2) is 76.5 Å². The lowest BCUT2D eigenvalue weighted by Gasteiger charge is -2.31. The van der Waals surface area contributed by atoms with Crippen LogP contribution in [0.3, 0.4) is 0 Å². The molecule has 0 unspecified atom stereocenters. The highest BCUT2D eigenvalue weighted by molar-refractivity contribution is 7.14. The van der Waals surface area contributed by atoms with Crippen molar-refractivity contribution < 1.29 is 29.3 Å². The molecule has 1 atom stereocenters. The number of aromatic hydroxyl groups is 1. The minimum Gasteiger partial charge on any atom is -0.506 e. The minimum absolute atomic E-state index is 0.0808. The molecule has 0 radical (unpaired) electrons. The fraction of sp³-hybridized carbons (Fsp3) is 0.297. The molecule has 2 aromatic heterocycles. The van der Waals surface area contributed by atoms with Gasteiger partial charge in [0.25, 0.3) is 0 Å². The number of aromatic nitrogens is 2. The summed E-state index contributed by atoms with van der Waals surface area (Å²) >= 11 is 7.91. The number of pyridine rings is 1. The Kier molecular flexibility index (Phi) is 12.0. The fourth-order valence-electron chi connectivity index (χ4n) is 6.15. The lowest BCUT2D eigenvalue weighted by molar-refractivity contribution is -0.116. The van der Waals surface area contributed by atoms with Crippen LogP contribution in [-0.2, 0) is 16.1 Å². The molecule has 3 heterocycles. The molecular weight excluding hydrogens is 708 g/mol. The molecule has 6 rings (SSSR count). The van der Waals surface area contributed by atoms with E-state index in [9.17, 15) is 24.6 Å². The quantitative estimate of drug-likeness (QED) is 0.0852. The predicted octanol–water partition coefficient (Wildman–Crippen LogP) is 5.88. The molecule has 1 aliphatic heterocycles. The number of anilines is 2. The van der Waals surface area contributed by atoms with Crippen LogP contribution >= 0.6 is 22.9 Å². The second kappa shape index (κ2) is 17.0. The SMILES string of the molecule is COc1cc(NC(=O)CCN2CCC(OC(=O)Nc3scnc3-c3ccccc3)CC2)c(Cl)cc1CNC[C@H](O)c1ccc(O)c2[nH]c(=O)ccc12. The van der Waals surface area contributed by atoms with Crippen molar-refractivity contribution in [2.45, 2.75) is 38.0 Å². The molecule has 2 amide bonds. The number of phenols is 1. The highest BCUT2D eigenvalue weighted by Gasteiger charge is 2.24. The summed E-state index contributed by atoms with van der Waals surface area (Å²) in [4.78, 5) is 46.4. The number of nitrogens with zero attached hydrogens (tertiary/aromatic N) is 2. The summed E-state index contributed by atoms with van der Waals surface area (Å²) in [7, 11) is 1.52. The van der Waals surface area contributed by atoms with Crippen LogP contribution in [0.15, 0.2) is 77.0 Å². The van der Waals surface area contributed by atoms with Gasteiger partial charge in [-0.1, -0.05) is 48.0 Å². The normalized spacial score (nSPS) is 14.2. The number of hydrogen-bond acceptors (Lipinski definition) is 11. The predicted molar refractivity (Wildman–Crippen MR) is 201 cm³/mol. The van der Waals surface area contributed by atoms with E-state index in [1.54, 1.807) is 29.8 Å². The molecule has 15 heteroatoms. The zero-order valence-corrected chi connectivity index (χ0v) is 29.9. The fourth-order valence-corrected chi connectivity index (χ4v) is 7.08. The maximum absolute atomic E-state index is 12.9. The van der Waals surface area contributed by atoms with Crippen LogP contribution in [0, 0.1) is 0 Å². The number of aliphatic hydroxyl groups is 1. The largest absolute Gasteiger partial charge is 0.506 e. The maximum Gasteiger partial charge on any atom is 0.412 e. The van der Waals surface area contributed by atoms with E-state index in [0.29, 0.717) is 77.1 Å². The molecule has 0 saturated carbocycles. The molecule has 52 heavy (non-hydrogen) atoms. The molecule has 5 aromatic rings. The third-order valence-electron chi connectivity index (χ3n) is 8.86. The average molecular weight is 747 g/mol. The smallest absolute Gasteiger partial charge is 0.412 e. The Labute approximate surface area is 308 Å². The maximum atomic E-state index is 12.9. The molecule has 3 aromatic carbocycles. The molecule has 0 aliphatic carbocycles. The van der Waals surface area contributed by atoms with E-state index < -0.39 is 12.2 Å². The van der Waals surface area contributed by atoms with Crippen molar-refractivity contribution in [3.8, 4) is 22.8 Å². The van der Waals surface area contributed by atoms with E-state index in [4.69, 9.17) is 21.1 Å². The van der Waals surface area contributed by atoms with Gasteiger partial charge in [-0.2, -0.15) is 0 Å². The topological polar surface area (TPSA) is 178 Å². The summed E-state index contributed by atoms with van der Waals surface area (Å²) in [5.74, 6) is 0.229. The number of H-pyrrole nitrogens is 1. The van der Waals surface area contributed by atoms with Gasteiger partial charge in [0, 0.05) is 67.8 Å². The molecular formula is C37H39ClN6O7S. The number of fused-ring (bicyclic) bond motifs is 1. The zero-order chi connectivity index (χ0) is 36.6. The Bertz CT molecular complexity index is 2080. The van der Waals surface area contributed by atoms with E-state index in [0.717, 1.165) is 11.1 Å². The van der Waals surface area contributed by atoms with Crippen molar-refractivity contribution in [2.24, 2.45) is 0 Å². The molecule has 1 fully saturated rings. The highest BCUT2D eigenvalue weighted by atomic mass is 35.5. The van der Waals surface area contributed by atoms with Gasteiger partial charge in [0.15, 0.2) is 0 Å². The lowest BCUT2D eigenvalue weighted by atomic mass is 10.0. The number of amides is 2. The number of aliphatic hydroxyl groups excluding tert-OH is 1. The number of halogens is 1. The molecule has 1 aliphatic rings. The van der Waals surface area contributed by atoms with E-state index in [1.807, 2.05) is 30.3 Å². The monoisotopic (exact) mass is 746 g/mol. The first-order valence-corrected chi connectivity index (χ1v) is 18.0. The van der Waals surface area contributed by atoms with E-state index >= 15 is 0 Å². The second-order valence-electron chi connectivity index (χ2n) is 12.3. The number of carbonyl (C=O) groups excluding carboxylic acids is 2. The van der Waals surface area contributed by atoms with Crippen LogP contribution < -0.4 is 26.2 Å². The summed E-state index contributed by atoms with van der Waals surface area (Å²) in [6, 6.07) is 19.0. The second-order valence-corrected chi connectivity index (χ2v) is 13.6. The standard InChI is InChI=1S/C37H39ClN6O7S/c1-50-31-18-28(27(38)17-23(31)19-39-20-30(46)25-7-9-29(45)35-26(25)8-10-32(47)42-35)41-33(48)13-16-44-14-11-24(12-15-44)51-37(49)43-36-34(40-21-52-36)22-5-3-2-4-6-22/h2-10,17-18,21,24,30,39,45-46H,11-16,19-20H2,1H3,(H,41,48)(H,42,47)(H,43,49)/t30-/m0/s1. The van der Waals surface area contributed by atoms with Crippen molar-refractivity contribution in [3.05, 3.63) is 98.7 Å². The first kappa shape index (κ1) is 36.8. The number of benzene rings is 3. The molecule has 0 spiro atoms. The van der Waals surface area contributed by atoms with Gasteiger partial charge in [-0.15, -0.1) is 11.3 Å². The van der Waals surface area contributed by atoms with Gasteiger partial charge in [0.05, 0.1) is 35.0 Å². The average Bonchev–Trinajstić information content (AvgIpc) is 3.60. The summed E-state index contributed by atoms with van der Waals surface area (Å²) in [6.45, 7) is 2.39. The molecule has 0 bridgehead atoms. The van der Waals surface area contributed by atoms with Gasteiger partial charge in [0.1, 0.15) is 28.3 Å². The van der Waals surface area contributed by atoms with Gasteiger partial charge >= 0.3 is 6.09 Å². The van der Waals surface area contributed by atoms with E-state index in [-0.39, 0.29) is 41.8 Å². The van der Waals surface area contributed by atoms with Crippen molar-refractivity contribution in [2.75, 3.05) is 43.9 Å². The summed E-state index contributed by atoms with van der Waals surface area (Å²) in [5.41, 5.74) is 4.91. The van der Waals surface area contributed by atoms with Gasteiger partial charge in [-0.05, 0) is 36.6 Å². The van der Waals surface area contributed by atoms with Crippen molar-refractivity contribution in [1.82, 2.24) is 20.2 Å². The molecule has 13 nitrogen and oxygen atoms in total. The highest BCUT2D eigenvalue weighted by Crippen LogP contribution is 2.33. The molecule has 272 valence electrons. The Balaban J connectivity index is 0.939. The van der Waals surface area contributed by atoms with Gasteiger partial charge in [-0.3, -0.25) is 14.9 Å². The Morgan fingerprint density at radius 1 is 1.10 bits per heavy atom. The number of methoxy groups -OCH3 is 1. The number of likely N-dealkylation sites (tertiary alicyclic amines) is 1. The van der Waals surface area contributed by atoms with E-state index in [1.165, 1.54) is 30.6 Å². The van der Waals surface area contributed by atoms with Crippen LogP contribution in [0.1, 0.15) is 36.5 Å². The number of ether oxygens (including phenoxy) is 2. The Morgan fingerprint density at radius 2 is 1.88 bits per heavy atom.